The number of hydrogen-bond acceptors (Lipinski definition) is 3. The van der Waals surface area contributed by atoms with Gasteiger partial charge in [0, 0.05) is 17.5 Å². The number of ketones is 1. The van der Waals surface area contributed by atoms with E-state index in [9.17, 15) is 9.18 Å². The molecule has 0 bridgehead atoms. The van der Waals surface area contributed by atoms with E-state index in [1.54, 1.807) is 10.7 Å². The van der Waals surface area contributed by atoms with Crippen molar-refractivity contribution in [3.63, 3.8) is 0 Å². The maximum absolute atomic E-state index is 14.0. The molecule has 0 aliphatic heterocycles. The summed E-state index contributed by atoms with van der Waals surface area (Å²) >= 11 is 0. The lowest BCUT2D eigenvalue weighted by Gasteiger charge is -2.29. The Bertz CT molecular complexity index is 1290. The van der Waals surface area contributed by atoms with Crippen LogP contribution in [0.1, 0.15) is 36.3 Å². The predicted octanol–water partition coefficient (Wildman–Crippen LogP) is 5.90. The maximum Gasteiger partial charge on any atom is 0.165 e. The fraction of sp³-hybridized carbons (Fsp3) is 0.192. The van der Waals surface area contributed by atoms with Crippen LogP contribution in [0.2, 0.25) is 0 Å². The van der Waals surface area contributed by atoms with E-state index in [4.69, 9.17) is 10.1 Å². The van der Waals surface area contributed by atoms with E-state index in [0.717, 1.165) is 29.1 Å². The van der Waals surface area contributed by atoms with Crippen LogP contribution in [0.15, 0.2) is 72.8 Å². The van der Waals surface area contributed by atoms with Crippen LogP contribution in [0.4, 0.5) is 4.39 Å². The molecule has 0 unspecified atom stereocenters. The van der Waals surface area contributed by atoms with Gasteiger partial charge in [0.15, 0.2) is 5.78 Å². The molecule has 31 heavy (non-hydrogen) atoms. The van der Waals surface area contributed by atoms with E-state index < -0.39 is 0 Å². The highest BCUT2D eigenvalue weighted by atomic mass is 19.1. The lowest BCUT2D eigenvalue weighted by atomic mass is 9.75. The Labute approximate surface area is 180 Å². The summed E-state index contributed by atoms with van der Waals surface area (Å²) in [5, 5.41) is 4.77. The summed E-state index contributed by atoms with van der Waals surface area (Å²) in [7, 11) is 0. The number of hydrogen-bond donors (Lipinski definition) is 0. The van der Waals surface area contributed by atoms with Crippen molar-refractivity contribution in [2.45, 2.75) is 26.7 Å². The van der Waals surface area contributed by atoms with E-state index in [0.29, 0.717) is 23.4 Å². The number of rotatable bonds is 3. The van der Waals surface area contributed by atoms with Crippen LogP contribution in [0.5, 0.6) is 0 Å². The highest BCUT2D eigenvalue weighted by Gasteiger charge is 2.32. The fourth-order valence-corrected chi connectivity index (χ4v) is 4.20. The molecule has 154 valence electrons. The SMILES string of the molecule is CC1(C)CC(=O)c2ccc(-c3cc(-c4ccccc4)nn3-c3cccc(F)c3)nc2C1. The summed E-state index contributed by atoms with van der Waals surface area (Å²) in [6.45, 7) is 4.18. The van der Waals surface area contributed by atoms with Crippen molar-refractivity contribution in [1.82, 2.24) is 14.8 Å². The zero-order valence-electron chi connectivity index (χ0n) is 17.5. The van der Waals surface area contributed by atoms with Crippen LogP contribution in [-0.2, 0) is 6.42 Å². The van der Waals surface area contributed by atoms with Gasteiger partial charge in [-0.05, 0) is 48.2 Å². The summed E-state index contributed by atoms with van der Waals surface area (Å²) in [4.78, 5) is 17.4. The summed E-state index contributed by atoms with van der Waals surface area (Å²) in [6.07, 6.45) is 1.27. The number of fused-ring (bicyclic) bond motifs is 1. The summed E-state index contributed by atoms with van der Waals surface area (Å²) in [5.74, 6) is -0.195. The molecular formula is C26H22FN3O. The van der Waals surface area contributed by atoms with E-state index in [-0.39, 0.29) is 17.0 Å². The third-order valence-electron chi connectivity index (χ3n) is 5.65. The Morgan fingerprint density at radius 2 is 1.71 bits per heavy atom. The topological polar surface area (TPSA) is 47.8 Å². The van der Waals surface area contributed by atoms with Crippen molar-refractivity contribution < 1.29 is 9.18 Å². The molecule has 0 spiro atoms. The third kappa shape index (κ3) is 3.67. The molecule has 2 aromatic heterocycles. The van der Waals surface area contributed by atoms with Gasteiger partial charge in [0.05, 0.1) is 28.5 Å². The first-order chi connectivity index (χ1) is 14.9. The van der Waals surface area contributed by atoms with E-state index in [1.165, 1.54) is 12.1 Å². The number of Topliss-reactive ketones (excluding diaryl/α,β-unsaturated/α-hetero) is 1. The van der Waals surface area contributed by atoms with Gasteiger partial charge in [-0.1, -0.05) is 50.2 Å². The zero-order valence-corrected chi connectivity index (χ0v) is 17.5. The summed E-state index contributed by atoms with van der Waals surface area (Å²) < 4.78 is 15.7. The van der Waals surface area contributed by atoms with Gasteiger partial charge in [-0.15, -0.1) is 0 Å². The van der Waals surface area contributed by atoms with E-state index in [1.807, 2.05) is 54.6 Å². The molecule has 5 rings (SSSR count). The van der Waals surface area contributed by atoms with Crippen molar-refractivity contribution in [3.05, 3.63) is 89.9 Å². The van der Waals surface area contributed by atoms with Gasteiger partial charge in [-0.25, -0.2) is 9.07 Å². The van der Waals surface area contributed by atoms with Crippen LogP contribution in [0, 0.1) is 11.2 Å². The van der Waals surface area contributed by atoms with Crippen molar-refractivity contribution >= 4 is 5.78 Å². The molecule has 1 aliphatic carbocycles. The van der Waals surface area contributed by atoms with Gasteiger partial charge in [-0.2, -0.15) is 5.10 Å². The number of aromatic nitrogens is 3. The number of nitrogens with zero attached hydrogens (tertiary/aromatic N) is 3. The van der Waals surface area contributed by atoms with Gasteiger partial charge < -0.3 is 0 Å². The summed E-state index contributed by atoms with van der Waals surface area (Å²) in [6, 6.07) is 21.9. The number of carbonyl (C=O) groups is 1. The Morgan fingerprint density at radius 1 is 0.903 bits per heavy atom. The van der Waals surface area contributed by atoms with Crippen LogP contribution in [-0.4, -0.2) is 20.5 Å². The summed E-state index contributed by atoms with van der Waals surface area (Å²) in [5.41, 5.74) is 5.21. The second-order valence-corrected chi connectivity index (χ2v) is 8.80. The minimum Gasteiger partial charge on any atom is -0.294 e. The molecule has 0 radical (unpaired) electrons. The second-order valence-electron chi connectivity index (χ2n) is 8.80. The molecule has 4 nitrogen and oxygen atoms in total. The molecule has 0 saturated carbocycles. The van der Waals surface area contributed by atoms with E-state index >= 15 is 0 Å². The molecule has 0 amide bonds. The minimum absolute atomic E-state index is 0.117. The van der Waals surface area contributed by atoms with Crippen LogP contribution >= 0.6 is 0 Å². The first-order valence-electron chi connectivity index (χ1n) is 10.3. The quantitative estimate of drug-likeness (QED) is 0.422. The van der Waals surface area contributed by atoms with Crippen LogP contribution in [0.25, 0.3) is 28.3 Å². The first-order valence-corrected chi connectivity index (χ1v) is 10.3. The Hall–Kier alpha value is -3.60. The first kappa shape index (κ1) is 19.4. The monoisotopic (exact) mass is 411 g/mol. The standard InChI is InChI=1S/C26H22FN3O/c1-26(2)15-23-20(25(31)16-26)11-12-21(28-23)24-14-22(17-7-4-3-5-8-17)29-30(24)19-10-6-9-18(27)13-19/h3-14H,15-16H2,1-2H3. The fourth-order valence-electron chi connectivity index (χ4n) is 4.20. The molecule has 5 heteroatoms. The highest BCUT2D eigenvalue weighted by Crippen LogP contribution is 2.35. The molecule has 4 aromatic rings. The van der Waals surface area contributed by atoms with Crippen molar-refractivity contribution in [2.24, 2.45) is 5.41 Å². The largest absolute Gasteiger partial charge is 0.294 e. The zero-order chi connectivity index (χ0) is 21.6. The predicted molar refractivity (Wildman–Crippen MR) is 119 cm³/mol. The number of carbonyl (C=O) groups excluding carboxylic acids is 1. The molecule has 0 N–H and O–H groups in total. The second kappa shape index (κ2) is 7.27. The van der Waals surface area contributed by atoms with Crippen molar-refractivity contribution in [2.75, 3.05) is 0 Å². The van der Waals surface area contributed by atoms with E-state index in [2.05, 4.69) is 13.8 Å². The highest BCUT2D eigenvalue weighted by molar-refractivity contribution is 5.98. The van der Waals surface area contributed by atoms with Gasteiger partial charge in [-0.3, -0.25) is 9.78 Å². The molecule has 2 heterocycles. The lowest BCUT2D eigenvalue weighted by Crippen LogP contribution is -2.28. The normalized spacial score (nSPS) is 15.0. The van der Waals surface area contributed by atoms with Crippen molar-refractivity contribution in [3.8, 4) is 28.3 Å². The number of benzene rings is 2. The molecular weight excluding hydrogens is 389 g/mol. The molecule has 0 saturated heterocycles. The Morgan fingerprint density at radius 3 is 2.48 bits per heavy atom. The van der Waals surface area contributed by atoms with Crippen molar-refractivity contribution in [1.29, 1.82) is 0 Å². The Balaban J connectivity index is 1.68. The van der Waals surface area contributed by atoms with Gasteiger partial charge >= 0.3 is 0 Å². The van der Waals surface area contributed by atoms with Gasteiger partial charge in [0.2, 0.25) is 0 Å². The maximum atomic E-state index is 14.0. The number of pyridine rings is 1. The average Bonchev–Trinajstić information content (AvgIpc) is 3.19. The minimum atomic E-state index is -0.328. The molecule has 0 atom stereocenters. The van der Waals surface area contributed by atoms with Gasteiger partial charge in [0.1, 0.15) is 5.82 Å². The van der Waals surface area contributed by atoms with Crippen LogP contribution in [0.3, 0.4) is 0 Å². The molecule has 2 aromatic carbocycles. The smallest absolute Gasteiger partial charge is 0.165 e. The third-order valence-corrected chi connectivity index (χ3v) is 5.65. The Kier molecular flexibility index (Phi) is 4.54. The molecule has 1 aliphatic rings. The average molecular weight is 411 g/mol. The van der Waals surface area contributed by atoms with Crippen LogP contribution < -0.4 is 0 Å². The number of halogens is 1. The molecule has 0 fully saturated rings. The van der Waals surface area contributed by atoms with Gasteiger partial charge in [0.25, 0.3) is 0 Å². The lowest BCUT2D eigenvalue weighted by molar-refractivity contribution is 0.0910.